The Kier molecular flexibility index (Phi) is 6.90. The van der Waals surface area contributed by atoms with Gasteiger partial charge in [-0.25, -0.2) is 0 Å². The summed E-state index contributed by atoms with van der Waals surface area (Å²) in [7, 11) is 0. The van der Waals surface area contributed by atoms with Gasteiger partial charge in [0, 0.05) is 32.9 Å². The van der Waals surface area contributed by atoms with Crippen molar-refractivity contribution in [2.24, 2.45) is 0 Å². The first-order chi connectivity index (χ1) is 26.8. The van der Waals surface area contributed by atoms with E-state index in [4.69, 9.17) is 4.42 Å². The minimum atomic E-state index is 0.913. The Morgan fingerprint density at radius 3 is 1.57 bits per heavy atom. The number of benzene rings is 10. The second-order valence-electron chi connectivity index (χ2n) is 14.1. The molecule has 1 aromatic heterocycles. The molecule has 2 nitrogen and oxygen atoms in total. The molecule has 0 aliphatic heterocycles. The number of hydrogen-bond donors (Lipinski definition) is 0. The minimum Gasteiger partial charge on any atom is -0.456 e. The molecule has 0 spiro atoms. The molecular formula is C52H33NO. The monoisotopic (exact) mass is 687 g/mol. The number of furan rings is 1. The van der Waals surface area contributed by atoms with Crippen molar-refractivity contribution in [2.75, 3.05) is 4.90 Å². The largest absolute Gasteiger partial charge is 0.456 e. The van der Waals surface area contributed by atoms with Crippen LogP contribution in [0.15, 0.2) is 205 Å². The second-order valence-corrected chi connectivity index (χ2v) is 14.1. The average molecular weight is 688 g/mol. The van der Waals surface area contributed by atoms with Gasteiger partial charge >= 0.3 is 0 Å². The van der Waals surface area contributed by atoms with E-state index >= 15 is 0 Å². The van der Waals surface area contributed by atoms with Crippen molar-refractivity contribution < 1.29 is 4.42 Å². The second kappa shape index (κ2) is 12.2. The van der Waals surface area contributed by atoms with Crippen LogP contribution in [0.5, 0.6) is 0 Å². The van der Waals surface area contributed by atoms with Crippen LogP contribution < -0.4 is 4.90 Å². The van der Waals surface area contributed by atoms with E-state index in [0.29, 0.717) is 0 Å². The fraction of sp³-hybridized carbons (Fsp3) is 0. The van der Waals surface area contributed by atoms with Crippen molar-refractivity contribution >= 4 is 82.1 Å². The summed E-state index contributed by atoms with van der Waals surface area (Å²) in [6.07, 6.45) is 0. The Morgan fingerprint density at radius 2 is 0.833 bits per heavy atom. The van der Waals surface area contributed by atoms with Crippen molar-refractivity contribution in [3.05, 3.63) is 200 Å². The highest BCUT2D eigenvalue weighted by atomic mass is 16.3. The van der Waals surface area contributed by atoms with Crippen molar-refractivity contribution in [3.63, 3.8) is 0 Å². The Morgan fingerprint density at radius 1 is 0.296 bits per heavy atom. The first-order valence-electron chi connectivity index (χ1n) is 18.5. The van der Waals surface area contributed by atoms with Gasteiger partial charge in [0.2, 0.25) is 0 Å². The molecule has 0 aliphatic rings. The Balaban J connectivity index is 1.14. The standard InChI is InChI=1S/C52H33NO/c1-2-11-34(12-3-1)36-21-23-37(24-22-36)38-25-28-40(29-26-38)53(41-30-27-35-13-4-5-14-39(35)33-41)47-19-10-18-43-45-31-32-49-52(46-17-8-9-20-48(46)54-49)51(45)44-16-7-6-15-42(44)50(43)47/h1-33H. The molecule has 11 aromatic rings. The highest BCUT2D eigenvalue weighted by molar-refractivity contribution is 6.36. The van der Waals surface area contributed by atoms with Gasteiger partial charge in [0.1, 0.15) is 11.2 Å². The quantitative estimate of drug-likeness (QED) is 0.168. The van der Waals surface area contributed by atoms with Gasteiger partial charge in [0.15, 0.2) is 0 Å². The number of fused-ring (bicyclic) bond motifs is 11. The molecule has 0 saturated heterocycles. The van der Waals surface area contributed by atoms with Gasteiger partial charge < -0.3 is 9.32 Å². The number of anilines is 3. The number of para-hydroxylation sites is 1. The molecule has 0 saturated carbocycles. The first-order valence-corrected chi connectivity index (χ1v) is 18.5. The third-order valence-corrected chi connectivity index (χ3v) is 11.0. The van der Waals surface area contributed by atoms with Crippen LogP contribution in [0.1, 0.15) is 0 Å². The van der Waals surface area contributed by atoms with Crippen LogP contribution in [0.25, 0.3) is 87.3 Å². The molecule has 0 N–H and O–H groups in total. The van der Waals surface area contributed by atoms with E-state index in [2.05, 4.69) is 199 Å². The van der Waals surface area contributed by atoms with Crippen molar-refractivity contribution in [3.8, 4) is 22.3 Å². The van der Waals surface area contributed by atoms with E-state index in [-0.39, 0.29) is 0 Å². The van der Waals surface area contributed by atoms with Crippen LogP contribution in [0.3, 0.4) is 0 Å². The predicted octanol–water partition coefficient (Wildman–Crippen LogP) is 15.0. The zero-order valence-electron chi connectivity index (χ0n) is 29.4. The molecule has 0 unspecified atom stereocenters. The Bertz CT molecular complexity index is 3160. The van der Waals surface area contributed by atoms with Crippen molar-refractivity contribution in [1.29, 1.82) is 0 Å². The molecule has 54 heavy (non-hydrogen) atoms. The fourth-order valence-corrected chi connectivity index (χ4v) is 8.51. The summed E-state index contributed by atoms with van der Waals surface area (Å²) < 4.78 is 6.39. The smallest absolute Gasteiger partial charge is 0.136 e. The van der Waals surface area contributed by atoms with E-state index in [1.165, 1.54) is 70.7 Å². The highest BCUT2D eigenvalue weighted by Crippen LogP contribution is 2.47. The lowest BCUT2D eigenvalue weighted by molar-refractivity contribution is 0.669. The van der Waals surface area contributed by atoms with E-state index in [1.54, 1.807) is 0 Å². The molecule has 1 heterocycles. The molecule has 2 heteroatoms. The summed E-state index contributed by atoms with van der Waals surface area (Å²) in [5.41, 5.74) is 10.00. The topological polar surface area (TPSA) is 16.4 Å². The number of nitrogens with zero attached hydrogens (tertiary/aromatic N) is 1. The van der Waals surface area contributed by atoms with Crippen LogP contribution in [0, 0.1) is 0 Å². The van der Waals surface area contributed by atoms with Gasteiger partial charge in [-0.2, -0.15) is 0 Å². The van der Waals surface area contributed by atoms with Gasteiger partial charge in [-0.1, -0.05) is 152 Å². The first kappa shape index (κ1) is 30.5. The van der Waals surface area contributed by atoms with Gasteiger partial charge in [-0.05, 0) is 103 Å². The average Bonchev–Trinajstić information content (AvgIpc) is 3.63. The maximum atomic E-state index is 6.39. The van der Waals surface area contributed by atoms with E-state index < -0.39 is 0 Å². The molecule has 10 aromatic carbocycles. The summed E-state index contributed by atoms with van der Waals surface area (Å²) in [5.74, 6) is 0. The summed E-state index contributed by atoms with van der Waals surface area (Å²) >= 11 is 0. The van der Waals surface area contributed by atoms with Crippen LogP contribution in [0.4, 0.5) is 17.1 Å². The molecule has 252 valence electrons. The fourth-order valence-electron chi connectivity index (χ4n) is 8.51. The third-order valence-electron chi connectivity index (χ3n) is 11.0. The van der Waals surface area contributed by atoms with E-state index in [0.717, 1.165) is 33.6 Å². The molecule has 0 bridgehead atoms. The zero-order chi connectivity index (χ0) is 35.6. The SMILES string of the molecule is c1ccc(-c2ccc(-c3ccc(N(c4ccc5ccccc5c4)c4cccc5c6ccc7oc8ccccc8c7c6c6ccccc6c45)cc3)cc2)cc1. The molecule has 0 amide bonds. The zero-order valence-corrected chi connectivity index (χ0v) is 29.4. The Labute approximate surface area is 312 Å². The van der Waals surface area contributed by atoms with Gasteiger partial charge in [0.05, 0.1) is 5.69 Å². The highest BCUT2D eigenvalue weighted by Gasteiger charge is 2.21. The lowest BCUT2D eigenvalue weighted by Gasteiger charge is -2.28. The molecule has 0 atom stereocenters. The van der Waals surface area contributed by atoms with Crippen LogP contribution >= 0.6 is 0 Å². The summed E-state index contributed by atoms with van der Waals surface area (Å²) in [5, 5.41) is 12.1. The van der Waals surface area contributed by atoms with Crippen molar-refractivity contribution in [2.45, 2.75) is 0 Å². The summed E-state index contributed by atoms with van der Waals surface area (Å²) in [6.45, 7) is 0. The van der Waals surface area contributed by atoms with Gasteiger partial charge in [-0.15, -0.1) is 0 Å². The van der Waals surface area contributed by atoms with Crippen molar-refractivity contribution in [1.82, 2.24) is 0 Å². The predicted molar refractivity (Wildman–Crippen MR) is 229 cm³/mol. The number of hydrogen-bond acceptors (Lipinski definition) is 2. The lowest BCUT2D eigenvalue weighted by Crippen LogP contribution is -2.10. The molecule has 11 rings (SSSR count). The van der Waals surface area contributed by atoms with Crippen LogP contribution in [0.2, 0.25) is 0 Å². The minimum absolute atomic E-state index is 0.913. The normalized spacial score (nSPS) is 11.7. The van der Waals surface area contributed by atoms with E-state index in [1.807, 2.05) is 6.07 Å². The maximum absolute atomic E-state index is 6.39. The molecule has 0 fully saturated rings. The summed E-state index contributed by atoms with van der Waals surface area (Å²) in [6, 6.07) is 72.3. The number of rotatable bonds is 5. The van der Waals surface area contributed by atoms with Crippen LogP contribution in [-0.2, 0) is 0 Å². The lowest BCUT2D eigenvalue weighted by atomic mass is 9.90. The summed E-state index contributed by atoms with van der Waals surface area (Å²) in [4.78, 5) is 2.43. The maximum Gasteiger partial charge on any atom is 0.136 e. The third kappa shape index (κ3) is 4.81. The van der Waals surface area contributed by atoms with Crippen LogP contribution in [-0.4, -0.2) is 0 Å². The molecule has 0 radical (unpaired) electrons. The molecular weight excluding hydrogens is 655 g/mol. The van der Waals surface area contributed by atoms with Gasteiger partial charge in [0.25, 0.3) is 0 Å². The Hall–Kier alpha value is -7.16. The molecule has 0 aliphatic carbocycles. The van der Waals surface area contributed by atoms with Gasteiger partial charge in [-0.3, -0.25) is 0 Å². The van der Waals surface area contributed by atoms with E-state index in [9.17, 15) is 0 Å².